The van der Waals surface area contributed by atoms with E-state index in [9.17, 15) is 17.6 Å². The number of sulfone groups is 1. The number of primary amides is 1. The Morgan fingerprint density at radius 2 is 1.88 bits per heavy atom. The molecule has 0 bridgehead atoms. The minimum absolute atomic E-state index is 0.00149. The fourth-order valence-electron chi connectivity index (χ4n) is 3.59. The molecule has 4 rings (SSSR count). The van der Waals surface area contributed by atoms with Crippen LogP contribution in [-0.4, -0.2) is 54.3 Å². The van der Waals surface area contributed by atoms with Gasteiger partial charge in [0.05, 0.1) is 16.3 Å². The van der Waals surface area contributed by atoms with E-state index >= 15 is 0 Å². The first kappa shape index (κ1) is 22.6. The smallest absolute Gasteiger partial charge is 0.273 e. The Morgan fingerprint density at radius 1 is 1.12 bits per heavy atom. The van der Waals surface area contributed by atoms with E-state index in [4.69, 9.17) is 5.73 Å². The molecule has 0 unspecified atom stereocenters. The molecule has 1 aliphatic rings. The molecule has 0 radical (unpaired) electrons. The number of halogens is 1. The van der Waals surface area contributed by atoms with Crippen LogP contribution in [0, 0.1) is 5.82 Å². The van der Waals surface area contributed by atoms with Crippen LogP contribution >= 0.6 is 0 Å². The van der Waals surface area contributed by atoms with E-state index in [1.807, 2.05) is 7.05 Å². The largest absolute Gasteiger partial charge is 0.364 e. The van der Waals surface area contributed by atoms with Crippen LogP contribution in [0.4, 0.5) is 27.5 Å². The third-order valence-electron chi connectivity index (χ3n) is 5.20. The Kier molecular flexibility index (Phi) is 5.95. The predicted molar refractivity (Wildman–Crippen MR) is 121 cm³/mol. The highest BCUT2D eigenvalue weighted by atomic mass is 32.2. The molecule has 33 heavy (non-hydrogen) atoms. The van der Waals surface area contributed by atoms with Gasteiger partial charge in [0.15, 0.2) is 21.3 Å². The van der Waals surface area contributed by atoms with Crippen LogP contribution in [0.1, 0.15) is 21.6 Å². The summed E-state index contributed by atoms with van der Waals surface area (Å²) in [6, 6.07) is 9.28. The van der Waals surface area contributed by atoms with Crippen LogP contribution in [0.2, 0.25) is 0 Å². The predicted octanol–water partition coefficient (Wildman–Crippen LogP) is 1.99. The minimum atomic E-state index is -3.58. The van der Waals surface area contributed by atoms with Crippen molar-refractivity contribution in [1.82, 2.24) is 20.1 Å². The standard InChI is InChI=1S/C21H22FN7O3S/c1-29-8-7-12-9-14(22)16(10-13(12)11-29)25-21-26-20(18(19(23)30)27-28-21)24-15-5-3-4-6-17(15)33(2,31)32/h3-6,9-10H,7-8,11H2,1-2H3,(H2,23,30)(H2,24,25,26,28). The molecule has 10 nitrogen and oxygen atoms in total. The topological polar surface area (TPSA) is 143 Å². The van der Waals surface area contributed by atoms with Gasteiger partial charge in [-0.25, -0.2) is 12.8 Å². The highest BCUT2D eigenvalue weighted by molar-refractivity contribution is 7.90. The Labute approximate surface area is 190 Å². The first-order valence-electron chi connectivity index (χ1n) is 9.99. The molecule has 0 saturated heterocycles. The van der Waals surface area contributed by atoms with Gasteiger partial charge in [-0.15, -0.1) is 10.2 Å². The third-order valence-corrected chi connectivity index (χ3v) is 6.35. The van der Waals surface area contributed by atoms with Gasteiger partial charge in [-0.3, -0.25) is 4.79 Å². The van der Waals surface area contributed by atoms with Crippen molar-refractivity contribution in [2.75, 3.05) is 30.5 Å². The van der Waals surface area contributed by atoms with E-state index in [1.165, 1.54) is 18.2 Å². The molecule has 0 saturated carbocycles. The van der Waals surface area contributed by atoms with E-state index in [1.54, 1.807) is 18.2 Å². The molecular formula is C21H22FN7O3S. The zero-order valence-corrected chi connectivity index (χ0v) is 18.8. The molecule has 12 heteroatoms. The first-order chi connectivity index (χ1) is 15.6. The second-order valence-corrected chi connectivity index (χ2v) is 9.79. The minimum Gasteiger partial charge on any atom is -0.364 e. The number of fused-ring (bicyclic) bond motifs is 1. The van der Waals surface area contributed by atoms with Gasteiger partial charge in [-0.2, -0.15) is 4.98 Å². The summed E-state index contributed by atoms with van der Waals surface area (Å²) in [4.78, 5) is 18.2. The monoisotopic (exact) mass is 471 g/mol. The Hall–Kier alpha value is -3.64. The number of carbonyl (C=O) groups excluding carboxylic acids is 1. The fourth-order valence-corrected chi connectivity index (χ4v) is 4.43. The summed E-state index contributed by atoms with van der Waals surface area (Å²) in [6.07, 6.45) is 1.81. The van der Waals surface area contributed by atoms with Crippen LogP contribution in [-0.2, 0) is 22.8 Å². The third kappa shape index (κ3) is 4.91. The van der Waals surface area contributed by atoms with Gasteiger partial charge >= 0.3 is 0 Å². The molecule has 3 aromatic rings. The Balaban J connectivity index is 1.70. The van der Waals surface area contributed by atoms with E-state index in [0.717, 1.165) is 30.3 Å². The van der Waals surface area contributed by atoms with Gasteiger partial charge in [0, 0.05) is 19.3 Å². The van der Waals surface area contributed by atoms with Crippen LogP contribution in [0.15, 0.2) is 41.3 Å². The van der Waals surface area contributed by atoms with E-state index in [0.29, 0.717) is 6.54 Å². The summed E-state index contributed by atoms with van der Waals surface area (Å²) in [5.41, 5.74) is 7.34. The van der Waals surface area contributed by atoms with Crippen molar-refractivity contribution in [2.45, 2.75) is 17.9 Å². The average Bonchev–Trinajstić information content (AvgIpc) is 2.74. The summed E-state index contributed by atoms with van der Waals surface area (Å²) in [6.45, 7) is 1.53. The maximum Gasteiger partial charge on any atom is 0.273 e. The van der Waals surface area contributed by atoms with Gasteiger partial charge in [0.2, 0.25) is 5.95 Å². The molecule has 0 spiro atoms. The number of nitrogens with two attached hydrogens (primary N) is 1. The SMILES string of the molecule is CN1CCc2cc(F)c(Nc3nnc(C(N)=O)c(Nc4ccccc4S(C)(=O)=O)n3)cc2C1. The Morgan fingerprint density at radius 3 is 2.61 bits per heavy atom. The van der Waals surface area contributed by atoms with Crippen molar-refractivity contribution in [3.05, 3.63) is 59.0 Å². The number of benzene rings is 2. The second-order valence-electron chi connectivity index (χ2n) is 7.80. The van der Waals surface area contributed by atoms with Crippen molar-refractivity contribution < 1.29 is 17.6 Å². The summed E-state index contributed by atoms with van der Waals surface area (Å²) >= 11 is 0. The number of aromatic nitrogens is 3. The van der Waals surface area contributed by atoms with Crippen LogP contribution in [0.25, 0.3) is 0 Å². The van der Waals surface area contributed by atoms with E-state index < -0.39 is 21.6 Å². The van der Waals surface area contributed by atoms with Crippen molar-refractivity contribution in [3.8, 4) is 0 Å². The van der Waals surface area contributed by atoms with E-state index in [2.05, 4.69) is 30.7 Å². The van der Waals surface area contributed by atoms with Crippen LogP contribution < -0.4 is 16.4 Å². The maximum absolute atomic E-state index is 14.7. The van der Waals surface area contributed by atoms with Gasteiger partial charge in [0.1, 0.15) is 5.82 Å². The van der Waals surface area contributed by atoms with Crippen LogP contribution in [0.3, 0.4) is 0 Å². The summed E-state index contributed by atoms with van der Waals surface area (Å²) < 4.78 is 38.9. The maximum atomic E-state index is 14.7. The average molecular weight is 472 g/mol. The normalized spacial score (nSPS) is 13.9. The van der Waals surface area contributed by atoms with Gasteiger partial charge in [-0.05, 0) is 48.9 Å². The lowest BCUT2D eigenvalue weighted by Crippen LogP contribution is -2.26. The highest BCUT2D eigenvalue weighted by Crippen LogP contribution is 2.28. The van der Waals surface area contributed by atoms with Gasteiger partial charge in [0.25, 0.3) is 5.91 Å². The number of rotatable bonds is 6. The Bertz CT molecular complexity index is 1350. The lowest BCUT2D eigenvalue weighted by molar-refractivity contribution is 0.0995. The number of para-hydroxylation sites is 1. The van der Waals surface area contributed by atoms with Crippen molar-refractivity contribution in [1.29, 1.82) is 0 Å². The number of hydrogen-bond acceptors (Lipinski definition) is 9. The second kappa shape index (κ2) is 8.71. The number of anilines is 4. The van der Waals surface area contributed by atoms with Gasteiger partial charge < -0.3 is 21.3 Å². The summed E-state index contributed by atoms with van der Waals surface area (Å²) in [7, 11) is -1.59. The summed E-state index contributed by atoms with van der Waals surface area (Å²) in [5.74, 6) is -1.60. The number of carbonyl (C=O) groups is 1. The molecule has 0 aliphatic carbocycles. The molecule has 172 valence electrons. The lowest BCUT2D eigenvalue weighted by atomic mass is 9.99. The van der Waals surface area contributed by atoms with Gasteiger partial charge in [-0.1, -0.05) is 12.1 Å². The van der Waals surface area contributed by atoms with Crippen LogP contribution in [0.5, 0.6) is 0 Å². The molecule has 2 aromatic carbocycles. The summed E-state index contributed by atoms with van der Waals surface area (Å²) in [5, 5.41) is 13.2. The molecule has 1 aliphatic heterocycles. The number of amides is 1. The van der Waals surface area contributed by atoms with Crippen molar-refractivity contribution in [3.63, 3.8) is 0 Å². The fraction of sp³-hybridized carbons (Fsp3) is 0.238. The van der Waals surface area contributed by atoms with Crippen molar-refractivity contribution in [2.24, 2.45) is 5.73 Å². The van der Waals surface area contributed by atoms with Crippen molar-refractivity contribution >= 4 is 38.9 Å². The molecule has 4 N–H and O–H groups in total. The number of nitrogens with one attached hydrogen (secondary N) is 2. The molecule has 0 atom stereocenters. The zero-order chi connectivity index (χ0) is 23.8. The quantitative estimate of drug-likeness (QED) is 0.492. The number of hydrogen-bond donors (Lipinski definition) is 3. The first-order valence-corrected chi connectivity index (χ1v) is 11.9. The molecule has 0 fully saturated rings. The number of nitrogens with zero attached hydrogens (tertiary/aromatic N) is 4. The molecule has 1 aromatic heterocycles. The number of likely N-dealkylation sites (N-methyl/N-ethyl adjacent to an activating group) is 1. The lowest BCUT2D eigenvalue weighted by Gasteiger charge is -2.25. The molecular weight excluding hydrogens is 449 g/mol. The molecule has 2 heterocycles. The highest BCUT2D eigenvalue weighted by Gasteiger charge is 2.20. The molecule has 1 amide bonds. The van der Waals surface area contributed by atoms with E-state index in [-0.39, 0.29) is 33.7 Å². The zero-order valence-electron chi connectivity index (χ0n) is 18.0.